The van der Waals surface area contributed by atoms with Gasteiger partial charge in [-0.05, 0) is 61.6 Å². The van der Waals surface area contributed by atoms with Crippen LogP contribution in [-0.2, 0) is 16.0 Å². The molecule has 2 bridgehead atoms. The smallest absolute Gasteiger partial charge is 0.320 e. The molecule has 0 unspecified atom stereocenters. The fourth-order valence-corrected chi connectivity index (χ4v) is 6.43. The lowest BCUT2D eigenvalue weighted by Crippen LogP contribution is -2.62. The van der Waals surface area contributed by atoms with Gasteiger partial charge in [0.05, 0.1) is 13.5 Å². The highest BCUT2D eigenvalue weighted by atomic mass is 16.5. The third-order valence-corrected chi connectivity index (χ3v) is 8.08. The Balaban J connectivity index is 1.10. The van der Waals surface area contributed by atoms with Gasteiger partial charge in [0.2, 0.25) is 11.8 Å². The maximum Gasteiger partial charge on any atom is 0.320 e. The molecule has 0 saturated carbocycles. The average Bonchev–Trinajstić information content (AvgIpc) is 2.84. The van der Waals surface area contributed by atoms with Crippen LogP contribution >= 0.6 is 0 Å². The van der Waals surface area contributed by atoms with E-state index in [1.54, 1.807) is 7.11 Å². The molecule has 184 valence electrons. The molecule has 0 aliphatic carbocycles. The van der Waals surface area contributed by atoms with Gasteiger partial charge in [0.15, 0.2) is 0 Å². The highest BCUT2D eigenvalue weighted by molar-refractivity contribution is 5.79. The summed E-state index contributed by atoms with van der Waals surface area (Å²) in [5, 5.41) is 3.14. The Bertz CT molecular complexity index is 929. The van der Waals surface area contributed by atoms with Crippen LogP contribution in [-0.4, -0.2) is 84.5 Å². The van der Waals surface area contributed by atoms with Crippen molar-refractivity contribution in [3.8, 4) is 5.75 Å². The third kappa shape index (κ3) is 4.86. The van der Waals surface area contributed by atoms with E-state index in [1.165, 1.54) is 0 Å². The van der Waals surface area contributed by atoms with Gasteiger partial charge in [-0.15, -0.1) is 0 Å². The first-order valence-electron chi connectivity index (χ1n) is 12.8. The van der Waals surface area contributed by atoms with Gasteiger partial charge < -0.3 is 24.8 Å². The summed E-state index contributed by atoms with van der Waals surface area (Å²) in [7, 11) is 1.62. The van der Waals surface area contributed by atoms with Crippen molar-refractivity contribution in [3.63, 3.8) is 0 Å². The van der Waals surface area contributed by atoms with Crippen molar-refractivity contribution in [1.29, 1.82) is 0 Å². The van der Waals surface area contributed by atoms with Crippen LogP contribution in [0.25, 0.3) is 0 Å². The molecule has 4 saturated heterocycles. The van der Waals surface area contributed by atoms with Gasteiger partial charge in [-0.1, -0.05) is 12.1 Å². The van der Waals surface area contributed by atoms with Crippen molar-refractivity contribution in [2.75, 3.05) is 39.8 Å². The van der Waals surface area contributed by atoms with Crippen LogP contribution in [0.3, 0.4) is 0 Å². The lowest BCUT2D eigenvalue weighted by molar-refractivity contribution is -0.144. The van der Waals surface area contributed by atoms with Gasteiger partial charge in [0.1, 0.15) is 5.75 Å². The lowest BCUT2D eigenvalue weighted by Gasteiger charge is -2.53. The lowest BCUT2D eigenvalue weighted by atomic mass is 9.76. The first-order chi connectivity index (χ1) is 16.5. The second-order valence-electron chi connectivity index (χ2n) is 10.4. The van der Waals surface area contributed by atoms with Gasteiger partial charge in [0, 0.05) is 51.2 Å². The van der Waals surface area contributed by atoms with E-state index in [1.807, 2.05) is 34.1 Å². The molecule has 1 N–H and O–H groups in total. The molecule has 1 aromatic carbocycles. The molecule has 0 radical (unpaired) electrons. The van der Waals surface area contributed by atoms with Gasteiger partial charge in [-0.2, -0.15) is 0 Å². The maximum atomic E-state index is 13.3. The summed E-state index contributed by atoms with van der Waals surface area (Å²) in [6.45, 7) is 3.67. The van der Waals surface area contributed by atoms with Gasteiger partial charge in [0.25, 0.3) is 0 Å². The molecular weight excluding hydrogens is 432 g/mol. The van der Waals surface area contributed by atoms with Gasteiger partial charge in [-0.25, -0.2) is 4.79 Å². The number of hydrogen-bond donors (Lipinski definition) is 1. The number of benzene rings is 1. The molecule has 34 heavy (non-hydrogen) atoms. The number of piperidine rings is 4. The Labute approximate surface area is 201 Å². The second-order valence-corrected chi connectivity index (χ2v) is 10.4. The molecule has 5 rings (SSSR count). The number of rotatable bonds is 4. The molecule has 4 fully saturated rings. The van der Waals surface area contributed by atoms with Crippen LogP contribution in [0.15, 0.2) is 24.3 Å². The summed E-state index contributed by atoms with van der Waals surface area (Å²) >= 11 is 0. The fraction of sp³-hybridized carbons (Fsp3) is 0.654. The monoisotopic (exact) mass is 468 g/mol. The summed E-state index contributed by atoms with van der Waals surface area (Å²) in [6.07, 6.45) is 5.76. The van der Waals surface area contributed by atoms with Crippen LogP contribution < -0.4 is 10.1 Å². The number of fused-ring (bicyclic) bond motifs is 4. The van der Waals surface area contributed by atoms with Crippen molar-refractivity contribution in [3.05, 3.63) is 29.8 Å². The normalized spacial score (nSPS) is 27.3. The van der Waals surface area contributed by atoms with E-state index in [2.05, 4.69) is 10.2 Å². The number of carbonyl (C=O) groups is 3. The zero-order chi connectivity index (χ0) is 23.7. The van der Waals surface area contributed by atoms with Crippen molar-refractivity contribution in [2.45, 2.75) is 57.0 Å². The Hall–Kier alpha value is -2.77. The highest BCUT2D eigenvalue weighted by Crippen LogP contribution is 2.38. The molecule has 3 atom stereocenters. The third-order valence-electron chi connectivity index (χ3n) is 8.08. The van der Waals surface area contributed by atoms with Crippen LogP contribution in [0.2, 0.25) is 0 Å². The van der Waals surface area contributed by atoms with E-state index in [4.69, 9.17) is 4.74 Å². The first-order valence-corrected chi connectivity index (χ1v) is 12.8. The molecular formula is C26H36N4O4. The van der Waals surface area contributed by atoms with E-state index in [-0.39, 0.29) is 18.0 Å². The summed E-state index contributed by atoms with van der Waals surface area (Å²) in [5.74, 6) is 1.88. The predicted molar refractivity (Wildman–Crippen MR) is 127 cm³/mol. The molecule has 0 spiro atoms. The molecule has 1 aromatic rings. The summed E-state index contributed by atoms with van der Waals surface area (Å²) in [4.78, 5) is 44.3. The van der Waals surface area contributed by atoms with Crippen LogP contribution in [0.4, 0.5) is 4.79 Å². The van der Waals surface area contributed by atoms with Crippen LogP contribution in [0, 0.1) is 11.8 Å². The van der Waals surface area contributed by atoms with Crippen molar-refractivity contribution in [2.24, 2.45) is 11.8 Å². The van der Waals surface area contributed by atoms with E-state index >= 15 is 0 Å². The highest BCUT2D eigenvalue weighted by Gasteiger charge is 2.45. The molecule has 4 aliphatic heterocycles. The second kappa shape index (κ2) is 9.84. The number of hydrogen-bond acceptors (Lipinski definition) is 4. The van der Waals surface area contributed by atoms with Crippen molar-refractivity contribution in [1.82, 2.24) is 20.0 Å². The minimum absolute atomic E-state index is 0.00784. The van der Waals surface area contributed by atoms with Crippen LogP contribution in [0.1, 0.15) is 44.1 Å². The summed E-state index contributed by atoms with van der Waals surface area (Å²) in [6, 6.07) is 8.13. The zero-order valence-corrected chi connectivity index (χ0v) is 20.1. The SMILES string of the molecule is COc1cccc(CC(=O)NC2CCN(C(=O)N3C[C@H]4C[C@H](C3)[C@H]3CCCC(=O)N3C4)CC2)c1. The predicted octanol–water partition coefficient (Wildman–Crippen LogP) is 2.27. The standard InChI is InChI=1S/C26H36N4O4/c1-34-22-5-2-4-18(13-22)14-24(31)27-21-8-10-28(11-9-21)26(33)29-15-19-12-20(17-29)23-6-3-7-25(32)30(23)16-19/h2,4-5,13,19-21,23H,3,6-12,14-17H2,1H3,(H,27,31)/t19-,20-,23-/m1/s1. The fourth-order valence-electron chi connectivity index (χ4n) is 6.43. The van der Waals surface area contributed by atoms with Crippen molar-refractivity contribution >= 4 is 17.8 Å². The topological polar surface area (TPSA) is 82.2 Å². The van der Waals surface area contributed by atoms with Gasteiger partial charge >= 0.3 is 6.03 Å². The molecule has 4 heterocycles. The van der Waals surface area contributed by atoms with E-state index < -0.39 is 0 Å². The first kappa shape index (κ1) is 23.0. The van der Waals surface area contributed by atoms with Gasteiger partial charge in [-0.3, -0.25) is 9.59 Å². The zero-order valence-electron chi connectivity index (χ0n) is 20.1. The number of methoxy groups -OCH3 is 1. The minimum atomic E-state index is 0.00784. The summed E-state index contributed by atoms with van der Waals surface area (Å²) in [5.41, 5.74) is 0.929. The van der Waals surface area contributed by atoms with E-state index in [0.29, 0.717) is 49.7 Å². The molecule has 8 heteroatoms. The minimum Gasteiger partial charge on any atom is -0.497 e. The van der Waals surface area contributed by atoms with Crippen molar-refractivity contribution < 1.29 is 19.1 Å². The Morgan fingerprint density at radius 3 is 2.71 bits per heavy atom. The number of amides is 4. The summed E-state index contributed by atoms with van der Waals surface area (Å²) < 4.78 is 5.23. The average molecular weight is 469 g/mol. The Morgan fingerprint density at radius 1 is 1.09 bits per heavy atom. The number of likely N-dealkylation sites (tertiary alicyclic amines) is 2. The maximum absolute atomic E-state index is 13.3. The number of urea groups is 1. The van der Waals surface area contributed by atoms with Crippen LogP contribution in [0.5, 0.6) is 5.75 Å². The molecule has 0 aromatic heterocycles. The molecule has 8 nitrogen and oxygen atoms in total. The Kier molecular flexibility index (Phi) is 6.66. The number of nitrogens with one attached hydrogen (secondary N) is 1. The number of ether oxygens (including phenoxy) is 1. The molecule has 4 amide bonds. The quantitative estimate of drug-likeness (QED) is 0.735. The molecule has 4 aliphatic rings. The Morgan fingerprint density at radius 2 is 1.91 bits per heavy atom. The number of nitrogens with zero attached hydrogens (tertiary/aromatic N) is 3. The van der Waals surface area contributed by atoms with E-state index in [0.717, 1.165) is 63.1 Å². The largest absolute Gasteiger partial charge is 0.497 e. The van der Waals surface area contributed by atoms with E-state index in [9.17, 15) is 14.4 Å². The number of carbonyl (C=O) groups excluding carboxylic acids is 3.